The van der Waals surface area contributed by atoms with Crippen molar-refractivity contribution < 1.29 is 36.5 Å². The number of amides is 2. The van der Waals surface area contributed by atoms with E-state index in [-0.39, 0.29) is 43.4 Å². The van der Waals surface area contributed by atoms with Crippen molar-refractivity contribution in [3.05, 3.63) is 50.1 Å². The Balaban J connectivity index is 2.00. The number of ether oxygens (including phenoxy) is 1. The lowest BCUT2D eigenvalue weighted by Gasteiger charge is -2.37. The van der Waals surface area contributed by atoms with E-state index in [1.807, 2.05) is 39.9 Å². The number of nitrogens with one attached hydrogen (secondary N) is 3. The smallest absolute Gasteiger partial charge is 0.353 e. The number of carbonyl (C=O) groups excluding carboxylic acids is 2. The zero-order valence-electron chi connectivity index (χ0n) is 27.5. The van der Waals surface area contributed by atoms with Gasteiger partial charge in [0, 0.05) is 43.9 Å². The molecule has 2 rings (SSSR count). The maximum Gasteiger partial charge on any atom is 0.471 e. The Morgan fingerprint density at radius 1 is 1.17 bits per heavy atom. The van der Waals surface area contributed by atoms with E-state index in [1.54, 1.807) is 0 Å². The first-order chi connectivity index (χ1) is 22.2. The molecular weight excluding hydrogens is 644 g/mol. The van der Waals surface area contributed by atoms with Crippen LogP contribution in [-0.4, -0.2) is 82.7 Å². The summed E-state index contributed by atoms with van der Waals surface area (Å²) in [5, 5.41) is 4.47. The van der Waals surface area contributed by atoms with E-state index < -0.39 is 50.1 Å². The number of unbranched alkanes of at least 4 members (excludes halogenated alkanes) is 3. The molecule has 17 heteroatoms. The molecule has 3 N–H and O–H groups in total. The fourth-order valence-corrected chi connectivity index (χ4v) is 6.67. The number of alkyl halides is 3. The lowest BCUT2D eigenvalue weighted by atomic mass is 10.1. The van der Waals surface area contributed by atoms with Crippen LogP contribution in [0.25, 0.3) is 10.9 Å². The molecule has 1 aromatic heterocycles. The molecule has 13 nitrogen and oxygen atoms in total. The average Bonchev–Trinajstić information content (AvgIpc) is 3.39. The van der Waals surface area contributed by atoms with Gasteiger partial charge in [0.2, 0.25) is 12.5 Å². The number of hydrogen-bond acceptors (Lipinski definition) is 8. The molecule has 1 aliphatic heterocycles. The lowest BCUT2D eigenvalue weighted by Crippen LogP contribution is -2.37. The Labute approximate surface area is 274 Å². The summed E-state index contributed by atoms with van der Waals surface area (Å²) in [4.78, 5) is 54.0. The normalized spacial score (nSPS) is 19.1. The van der Waals surface area contributed by atoms with E-state index in [0.29, 0.717) is 45.1 Å². The van der Waals surface area contributed by atoms with Crippen molar-refractivity contribution in [2.24, 2.45) is 0 Å². The third-order valence-corrected chi connectivity index (χ3v) is 9.28. The monoisotopic (exact) mass is 690 g/mol. The van der Waals surface area contributed by atoms with Gasteiger partial charge in [-0.1, -0.05) is 19.8 Å². The van der Waals surface area contributed by atoms with Crippen molar-refractivity contribution in [3.63, 3.8) is 0 Å². The second-order valence-electron chi connectivity index (χ2n) is 11.5. The molecule has 4 atom stereocenters. The quantitative estimate of drug-likeness (QED) is 0.0844. The second-order valence-corrected chi connectivity index (χ2v) is 12.9. The van der Waals surface area contributed by atoms with Crippen LogP contribution < -0.4 is 21.9 Å². The van der Waals surface area contributed by atoms with E-state index in [0.717, 1.165) is 0 Å². The Kier molecular flexibility index (Phi) is 16.8. The minimum Gasteiger partial charge on any atom is -0.353 e. The van der Waals surface area contributed by atoms with Crippen LogP contribution in [0, 0.1) is 6.57 Å². The van der Waals surface area contributed by atoms with Crippen molar-refractivity contribution in [2.45, 2.75) is 110 Å². The summed E-state index contributed by atoms with van der Waals surface area (Å²) >= 11 is 0. The molecule has 2 heterocycles. The molecule has 1 fully saturated rings. The predicted octanol–water partition coefficient (Wildman–Crippen LogP) is 4.27. The molecule has 0 bridgehead atoms. The summed E-state index contributed by atoms with van der Waals surface area (Å²) in [5.74, 6) is -2.43. The molecule has 1 aromatic rings. The third-order valence-electron chi connectivity index (χ3n) is 7.13. The summed E-state index contributed by atoms with van der Waals surface area (Å²) in [7, 11) is -1.54. The van der Waals surface area contributed by atoms with E-state index >= 15 is 0 Å². The number of nitrogens with zero attached hydrogens (tertiary/aromatic N) is 3. The van der Waals surface area contributed by atoms with Gasteiger partial charge in [0.05, 0.1) is 17.8 Å². The highest BCUT2D eigenvalue weighted by Crippen LogP contribution is 2.50. The standard InChI is InChI=1S/C30H46F3N6O7P/c1-7-23-24(46-47(44-17-16-34-6)39(20(2)3)21(4)5)18-26(45-23)38-19-22(27(41)37-29(38)43)12-13-25(40)35-14-10-8-9-11-15-36-28(42)30(31,32)33/h12-13,19-21,23-24,26H,7-11,14-18H2,1-5H3,(H,35,40)(H,36,42)(H,37,41,43)/b13-12+. The molecule has 4 unspecified atom stereocenters. The van der Waals surface area contributed by atoms with Crippen molar-refractivity contribution >= 4 is 26.4 Å². The average molecular weight is 691 g/mol. The molecule has 0 radical (unpaired) electrons. The predicted molar refractivity (Wildman–Crippen MR) is 171 cm³/mol. The highest BCUT2D eigenvalue weighted by atomic mass is 31.2. The molecule has 1 saturated heterocycles. The molecular formula is C30H46F3N6O7P. The minimum absolute atomic E-state index is 0.0668. The molecule has 47 heavy (non-hydrogen) atoms. The first-order valence-corrected chi connectivity index (χ1v) is 16.9. The van der Waals surface area contributed by atoms with Crippen LogP contribution in [0.15, 0.2) is 21.9 Å². The molecule has 1 aliphatic rings. The molecule has 2 amide bonds. The Morgan fingerprint density at radius 3 is 2.38 bits per heavy atom. The van der Waals surface area contributed by atoms with Gasteiger partial charge in [0.25, 0.3) is 14.1 Å². The van der Waals surface area contributed by atoms with Crippen LogP contribution in [0.4, 0.5) is 13.2 Å². The molecule has 0 aliphatic carbocycles. The highest BCUT2D eigenvalue weighted by Gasteiger charge is 2.41. The number of rotatable bonds is 19. The largest absolute Gasteiger partial charge is 0.471 e. The van der Waals surface area contributed by atoms with Gasteiger partial charge in [0.15, 0.2) is 0 Å². The first kappa shape index (κ1) is 40.1. The van der Waals surface area contributed by atoms with Crippen LogP contribution in [0.3, 0.4) is 0 Å². The van der Waals surface area contributed by atoms with E-state index in [4.69, 9.17) is 20.4 Å². The third kappa shape index (κ3) is 13.1. The zero-order valence-corrected chi connectivity index (χ0v) is 28.4. The van der Waals surface area contributed by atoms with E-state index in [1.165, 1.54) is 22.9 Å². The number of carbonyl (C=O) groups is 2. The van der Waals surface area contributed by atoms with Gasteiger partial charge >= 0.3 is 17.8 Å². The zero-order chi connectivity index (χ0) is 35.1. The summed E-state index contributed by atoms with van der Waals surface area (Å²) in [6, 6.07) is 0.214. The van der Waals surface area contributed by atoms with E-state index in [2.05, 4.69) is 19.8 Å². The van der Waals surface area contributed by atoms with Crippen molar-refractivity contribution in [1.29, 1.82) is 0 Å². The highest BCUT2D eigenvalue weighted by molar-refractivity contribution is 7.44. The van der Waals surface area contributed by atoms with Crippen LogP contribution in [0.1, 0.15) is 84.9 Å². The van der Waals surface area contributed by atoms with Crippen molar-refractivity contribution in [2.75, 3.05) is 26.2 Å². The van der Waals surface area contributed by atoms with Gasteiger partial charge in [-0.15, -0.1) is 0 Å². The summed E-state index contributed by atoms with van der Waals surface area (Å²) < 4.78 is 58.6. The molecule has 0 saturated carbocycles. The number of hydrogen-bond donors (Lipinski definition) is 3. The number of halogens is 3. The molecule has 0 aromatic carbocycles. The van der Waals surface area contributed by atoms with Crippen molar-refractivity contribution in [3.8, 4) is 0 Å². The SMILES string of the molecule is [C-]#[N+]CCOP(OC1CC(n2cc(/C=C/C(=O)NCCCCCCNC(=O)C(F)(F)F)c(=O)[nH]c2=O)OC1CC)N(C(C)C)C(C)C. The second kappa shape index (κ2) is 19.7. The van der Waals surface area contributed by atoms with Crippen LogP contribution in [-0.2, 0) is 23.4 Å². The summed E-state index contributed by atoms with van der Waals surface area (Å²) in [6.45, 7) is 17.8. The van der Waals surface area contributed by atoms with E-state index in [9.17, 15) is 32.3 Å². The van der Waals surface area contributed by atoms with Gasteiger partial charge in [-0.25, -0.2) is 16.0 Å². The van der Waals surface area contributed by atoms with Gasteiger partial charge in [0.1, 0.15) is 12.8 Å². The Bertz CT molecular complexity index is 1340. The van der Waals surface area contributed by atoms with Crippen molar-refractivity contribution in [1.82, 2.24) is 24.9 Å². The fourth-order valence-electron chi connectivity index (χ4n) is 4.93. The first-order valence-electron chi connectivity index (χ1n) is 15.7. The van der Waals surface area contributed by atoms with Gasteiger partial charge < -0.3 is 29.3 Å². The fraction of sp³-hybridized carbons (Fsp3) is 0.700. The maximum atomic E-state index is 12.8. The topological polar surface area (TPSA) is 148 Å². The Hall–Kier alpha value is -3.09. The van der Waals surface area contributed by atoms with Gasteiger partial charge in [-0.2, -0.15) is 13.2 Å². The lowest BCUT2D eigenvalue weighted by molar-refractivity contribution is -0.173. The number of aromatic amines is 1. The minimum atomic E-state index is -4.90. The number of H-pyrrole nitrogens is 1. The van der Waals surface area contributed by atoms with Gasteiger partial charge in [-0.05, 0) is 53.0 Å². The molecule has 0 spiro atoms. The summed E-state index contributed by atoms with van der Waals surface area (Å²) in [5.41, 5.74) is -1.28. The summed E-state index contributed by atoms with van der Waals surface area (Å²) in [6.07, 6.45) is 0.402. The maximum absolute atomic E-state index is 12.8. The molecule has 264 valence electrons. The van der Waals surface area contributed by atoms with Gasteiger partial charge in [-0.3, -0.25) is 23.9 Å². The van der Waals surface area contributed by atoms with Crippen LogP contribution >= 0.6 is 8.53 Å². The van der Waals surface area contributed by atoms with Crippen LogP contribution in [0.5, 0.6) is 0 Å². The number of aromatic nitrogens is 2. The Morgan fingerprint density at radius 2 is 1.81 bits per heavy atom. The van der Waals surface area contributed by atoms with Crippen LogP contribution in [0.2, 0.25) is 0 Å².